The van der Waals surface area contributed by atoms with Gasteiger partial charge in [-0.2, -0.15) is 13.2 Å². The molecule has 1 aromatic heterocycles. The van der Waals surface area contributed by atoms with Crippen LogP contribution < -0.4 is 27.5 Å². The molecule has 18 heteroatoms. The number of nitrogens with one attached hydrogen (secondary N) is 1. The van der Waals surface area contributed by atoms with Crippen LogP contribution in [0.5, 0.6) is 0 Å². The molecule has 0 bridgehead atoms. The predicted octanol–water partition coefficient (Wildman–Crippen LogP) is 0.956. The fourth-order valence-electron chi connectivity index (χ4n) is 2.86. The van der Waals surface area contributed by atoms with Gasteiger partial charge in [-0.1, -0.05) is 18.2 Å². The third-order valence-corrected chi connectivity index (χ3v) is 6.74. The highest BCUT2D eigenvalue weighted by Gasteiger charge is 2.38. The lowest BCUT2D eigenvalue weighted by Gasteiger charge is -2.24. The molecule has 1 aromatic carbocycles. The molecular formula is C20H24F3IN6O7S. The van der Waals surface area contributed by atoms with Crippen LogP contribution in [0, 0.1) is 10.5 Å². The zero-order chi connectivity index (χ0) is 29.4. The summed E-state index contributed by atoms with van der Waals surface area (Å²) in [4.78, 5) is 39.1. The molecule has 0 aliphatic heterocycles. The lowest BCUT2D eigenvalue weighted by molar-refractivity contribution is -0.192. The average molecular weight is 676 g/mol. The summed E-state index contributed by atoms with van der Waals surface area (Å²) in [5, 5.41) is 10.5. The van der Waals surface area contributed by atoms with E-state index in [1.165, 1.54) is 19.1 Å². The number of carbonyl (C=O) groups excluding carboxylic acids is 1. The molecule has 38 heavy (non-hydrogen) atoms. The number of nitrogens with zero attached hydrogens (tertiary/aromatic N) is 2. The Morgan fingerprint density at radius 3 is 2.21 bits per heavy atom. The van der Waals surface area contributed by atoms with Crippen molar-refractivity contribution in [3.8, 4) is 0 Å². The van der Waals surface area contributed by atoms with Crippen molar-refractivity contribution in [1.29, 1.82) is 0 Å². The Balaban J connectivity index is 0.000000905. The van der Waals surface area contributed by atoms with E-state index < -0.39 is 45.8 Å². The second-order valence-corrected chi connectivity index (χ2v) is 10.4. The summed E-state index contributed by atoms with van der Waals surface area (Å²) in [5.74, 6) is -4.35. The molecule has 2 aromatic rings. The number of benzene rings is 1. The van der Waals surface area contributed by atoms with Gasteiger partial charge in [0.15, 0.2) is 12.1 Å². The molecule has 0 aliphatic rings. The molecule has 8 N–H and O–H groups in total. The Morgan fingerprint density at radius 2 is 1.74 bits per heavy atom. The number of primary amides is 1. The van der Waals surface area contributed by atoms with E-state index in [2.05, 4.69) is 9.88 Å². The van der Waals surface area contributed by atoms with Crippen molar-refractivity contribution in [3.63, 3.8) is 0 Å². The molecule has 2 rings (SSSR count). The second-order valence-electron chi connectivity index (χ2n) is 7.49. The van der Waals surface area contributed by atoms with E-state index in [-0.39, 0.29) is 17.4 Å². The van der Waals surface area contributed by atoms with Crippen molar-refractivity contribution in [2.45, 2.75) is 37.9 Å². The van der Waals surface area contributed by atoms with Gasteiger partial charge in [0.25, 0.3) is 5.56 Å². The number of carboxylic acid groups (broad SMARTS) is 1. The molecule has 0 saturated heterocycles. The summed E-state index contributed by atoms with van der Waals surface area (Å²) >= 11 is 2.03. The van der Waals surface area contributed by atoms with E-state index in [9.17, 15) is 31.2 Å². The average Bonchev–Trinajstić information content (AvgIpc) is 2.77. The van der Waals surface area contributed by atoms with Crippen LogP contribution in [0.25, 0.3) is 0 Å². The number of rotatable bonds is 9. The molecule has 0 radical (unpaired) electrons. The number of sulfonamides is 1. The maximum atomic E-state index is 13.1. The normalized spacial score (nSPS) is 12.8. The van der Waals surface area contributed by atoms with E-state index in [0.29, 0.717) is 11.3 Å². The van der Waals surface area contributed by atoms with E-state index in [1.54, 1.807) is 31.2 Å². The Morgan fingerprint density at radius 1 is 1.18 bits per heavy atom. The Bertz CT molecular complexity index is 1360. The third kappa shape index (κ3) is 9.72. The second kappa shape index (κ2) is 13.3. The van der Waals surface area contributed by atoms with E-state index >= 15 is 0 Å². The van der Waals surface area contributed by atoms with Gasteiger partial charge in [0.2, 0.25) is 21.9 Å². The van der Waals surface area contributed by atoms with Crippen LogP contribution in [-0.2, 0) is 30.2 Å². The zero-order valence-corrected chi connectivity index (χ0v) is 22.7. The quantitative estimate of drug-likeness (QED) is 0.110. The number of carbonyl (C=O) groups is 2. The van der Waals surface area contributed by atoms with Gasteiger partial charge >= 0.3 is 12.1 Å². The van der Waals surface area contributed by atoms with E-state index in [1.807, 2.05) is 22.6 Å². The van der Waals surface area contributed by atoms with Crippen LogP contribution in [0.2, 0.25) is 0 Å². The van der Waals surface area contributed by atoms with Crippen molar-refractivity contribution in [3.05, 3.63) is 61.6 Å². The molecule has 210 valence electrons. The summed E-state index contributed by atoms with van der Waals surface area (Å²) < 4.78 is 61.2. The minimum atomic E-state index is -5.08. The van der Waals surface area contributed by atoms with Crippen LogP contribution in [-0.4, -0.2) is 48.2 Å². The summed E-state index contributed by atoms with van der Waals surface area (Å²) in [7, 11) is -3.92. The maximum absolute atomic E-state index is 13.1. The van der Waals surface area contributed by atoms with Gasteiger partial charge in [0.05, 0.1) is 5.75 Å². The molecule has 1 heterocycles. The molecule has 0 fully saturated rings. The standard InChI is InChI=1S/C18H23IN6O5S.C2HF3O2/c1-10-7-8-14(24-31(28,29)9-12-5-3-4-6-13(12)19)17(27)25(10)15(16(20)26)11(2)30-23-18(21)22;3-2(4,5)1(6)7/h3-8,11,15,24H,9H2,1-2H3,(H2,20,26)(H4,21,22,23);(H,6,7). The largest absolute Gasteiger partial charge is 0.490 e. The zero-order valence-electron chi connectivity index (χ0n) is 19.8. The van der Waals surface area contributed by atoms with Gasteiger partial charge in [-0.25, -0.2) is 13.2 Å². The number of anilines is 1. The van der Waals surface area contributed by atoms with Gasteiger partial charge in [0, 0.05) is 9.26 Å². The van der Waals surface area contributed by atoms with Gasteiger partial charge in [-0.05, 0) is 65.4 Å². The van der Waals surface area contributed by atoms with Crippen molar-refractivity contribution in [1.82, 2.24) is 4.57 Å². The van der Waals surface area contributed by atoms with Gasteiger partial charge in [-0.15, -0.1) is 0 Å². The van der Waals surface area contributed by atoms with E-state index in [0.717, 1.165) is 8.14 Å². The van der Waals surface area contributed by atoms with Crippen molar-refractivity contribution >= 4 is 56.1 Å². The maximum Gasteiger partial charge on any atom is 0.490 e. The van der Waals surface area contributed by atoms with Crippen LogP contribution >= 0.6 is 22.6 Å². The summed E-state index contributed by atoms with van der Waals surface area (Å²) in [6.07, 6.45) is -6.10. The summed E-state index contributed by atoms with van der Waals surface area (Å²) in [5.41, 5.74) is 15.9. The Hall–Kier alpha value is -3.55. The lowest BCUT2D eigenvalue weighted by Crippen LogP contribution is -2.42. The van der Waals surface area contributed by atoms with Crippen molar-refractivity contribution < 1.29 is 41.1 Å². The Kier molecular flexibility index (Phi) is 11.4. The topological polar surface area (TPSA) is 222 Å². The van der Waals surface area contributed by atoms with Crippen LogP contribution in [0.4, 0.5) is 18.9 Å². The molecule has 0 aliphatic carbocycles. The number of oxime groups is 1. The Labute approximate surface area is 228 Å². The number of aryl methyl sites for hydroxylation is 1. The monoisotopic (exact) mass is 676 g/mol. The van der Waals surface area contributed by atoms with E-state index in [4.69, 9.17) is 31.9 Å². The smallest absolute Gasteiger partial charge is 0.475 e. The number of guanidine groups is 1. The van der Waals surface area contributed by atoms with Gasteiger partial charge < -0.3 is 27.1 Å². The number of carboxylic acids is 1. The predicted molar refractivity (Wildman–Crippen MR) is 139 cm³/mol. The number of amides is 1. The number of nitrogens with two attached hydrogens (primary N) is 3. The number of alkyl halides is 3. The third-order valence-electron chi connectivity index (χ3n) is 4.47. The molecule has 2 unspecified atom stereocenters. The van der Waals surface area contributed by atoms with Crippen molar-refractivity contribution in [2.24, 2.45) is 22.4 Å². The van der Waals surface area contributed by atoms with Gasteiger partial charge in [-0.3, -0.25) is 18.9 Å². The number of aromatic nitrogens is 1. The first-order valence-electron chi connectivity index (χ1n) is 10.2. The number of hydrogen-bond donors (Lipinski definition) is 5. The lowest BCUT2D eigenvalue weighted by atomic mass is 10.1. The summed E-state index contributed by atoms with van der Waals surface area (Å²) in [6.45, 7) is 3.01. The summed E-state index contributed by atoms with van der Waals surface area (Å²) in [6, 6.07) is 8.48. The molecular weight excluding hydrogens is 652 g/mol. The fraction of sp³-hybridized carbons (Fsp3) is 0.300. The first kappa shape index (κ1) is 32.5. The van der Waals surface area contributed by atoms with Crippen LogP contribution in [0.15, 0.2) is 46.3 Å². The molecule has 1 amide bonds. The minimum Gasteiger partial charge on any atom is -0.475 e. The molecule has 0 saturated carbocycles. The fourth-order valence-corrected chi connectivity index (χ4v) is 4.92. The first-order chi connectivity index (χ1) is 17.4. The highest BCUT2D eigenvalue weighted by atomic mass is 127. The SMILES string of the molecule is Cc1ccc(NS(=O)(=O)Cc2ccccc2I)c(=O)n1C(C(N)=O)C(C)ON=C(N)N.O=C(O)C(F)(F)F. The number of halogens is 4. The number of hydrogen-bond acceptors (Lipinski definition) is 7. The number of aliphatic carboxylic acids is 1. The first-order valence-corrected chi connectivity index (χ1v) is 12.9. The molecule has 13 nitrogen and oxygen atoms in total. The van der Waals surface area contributed by atoms with Gasteiger partial charge in [0.1, 0.15) is 5.69 Å². The number of pyridine rings is 1. The molecule has 0 spiro atoms. The molecule has 2 atom stereocenters. The minimum absolute atomic E-state index is 0.239. The highest BCUT2D eigenvalue weighted by Crippen LogP contribution is 2.19. The van der Waals surface area contributed by atoms with Crippen LogP contribution in [0.3, 0.4) is 0 Å². The van der Waals surface area contributed by atoms with Crippen LogP contribution in [0.1, 0.15) is 24.2 Å². The highest BCUT2D eigenvalue weighted by molar-refractivity contribution is 14.1. The van der Waals surface area contributed by atoms with Crippen molar-refractivity contribution in [2.75, 3.05) is 4.72 Å².